The van der Waals surface area contributed by atoms with E-state index in [-0.39, 0.29) is 0 Å². The Bertz CT molecular complexity index is 438. The highest BCUT2D eigenvalue weighted by Gasteiger charge is 2.27. The van der Waals surface area contributed by atoms with Crippen LogP contribution in [0.15, 0.2) is 18.2 Å². The molecule has 1 aliphatic rings. The average Bonchev–Trinajstić information content (AvgIpc) is 2.66. The van der Waals surface area contributed by atoms with E-state index >= 15 is 0 Å². The van der Waals surface area contributed by atoms with Crippen LogP contribution >= 0.6 is 0 Å². The third-order valence-electron chi connectivity index (χ3n) is 3.98. The van der Waals surface area contributed by atoms with Crippen LogP contribution in [0.5, 0.6) is 5.75 Å². The van der Waals surface area contributed by atoms with Crippen LogP contribution in [0, 0.1) is 6.92 Å². The number of β-amino-alcohol motifs (C(OH)–C–C–N with tert-alkyl or cyclic N) is 1. The number of rotatable bonds is 4. The van der Waals surface area contributed by atoms with E-state index in [1.165, 1.54) is 0 Å². The predicted octanol–water partition coefficient (Wildman–Crippen LogP) is 1.51. The third kappa shape index (κ3) is 3.72. The first-order valence-electron chi connectivity index (χ1n) is 7.33. The summed E-state index contributed by atoms with van der Waals surface area (Å²) >= 11 is 0. The number of benzene rings is 1. The zero-order chi connectivity index (χ0) is 14.6. The van der Waals surface area contributed by atoms with Gasteiger partial charge in [0.15, 0.2) is 0 Å². The topological polar surface area (TPSA) is 44.7 Å². The van der Waals surface area contributed by atoms with E-state index in [0.717, 1.165) is 49.5 Å². The molecule has 4 nitrogen and oxygen atoms in total. The van der Waals surface area contributed by atoms with Crippen molar-refractivity contribution in [2.24, 2.45) is 0 Å². The zero-order valence-electron chi connectivity index (χ0n) is 12.8. The van der Waals surface area contributed by atoms with Crippen LogP contribution in [-0.4, -0.2) is 49.8 Å². The smallest absolute Gasteiger partial charge is 0.121 e. The molecule has 2 rings (SSSR count). The van der Waals surface area contributed by atoms with E-state index in [9.17, 15) is 5.11 Å². The molecule has 1 aliphatic heterocycles. The SMILES string of the molecule is COc1ccc(C(C)(O)CN2CCCNCC2)cc1C. The summed E-state index contributed by atoms with van der Waals surface area (Å²) in [5, 5.41) is 14.2. The Kier molecular flexibility index (Phi) is 5.02. The fourth-order valence-electron chi connectivity index (χ4n) is 2.80. The van der Waals surface area contributed by atoms with Crippen LogP contribution in [-0.2, 0) is 5.60 Å². The van der Waals surface area contributed by atoms with Gasteiger partial charge < -0.3 is 15.2 Å². The van der Waals surface area contributed by atoms with E-state index in [0.29, 0.717) is 6.54 Å². The molecule has 0 aromatic heterocycles. The Morgan fingerprint density at radius 2 is 2.15 bits per heavy atom. The van der Waals surface area contributed by atoms with Crippen molar-refractivity contribution >= 4 is 0 Å². The molecular formula is C16H26N2O2. The maximum absolute atomic E-state index is 10.8. The fraction of sp³-hybridized carbons (Fsp3) is 0.625. The number of nitrogens with one attached hydrogen (secondary N) is 1. The minimum absolute atomic E-state index is 0.667. The molecule has 112 valence electrons. The standard InChI is InChI=1S/C16H26N2O2/c1-13-11-14(5-6-15(13)20-3)16(2,19)12-18-9-4-7-17-8-10-18/h5-6,11,17,19H,4,7-10,12H2,1-3H3. The second-order valence-electron chi connectivity index (χ2n) is 5.84. The monoisotopic (exact) mass is 278 g/mol. The number of aryl methyl sites for hydroxylation is 1. The van der Waals surface area contributed by atoms with E-state index in [1.54, 1.807) is 7.11 Å². The van der Waals surface area contributed by atoms with Crippen LogP contribution in [0.1, 0.15) is 24.5 Å². The molecule has 2 N–H and O–H groups in total. The summed E-state index contributed by atoms with van der Waals surface area (Å²) < 4.78 is 5.28. The lowest BCUT2D eigenvalue weighted by Gasteiger charge is -2.31. The van der Waals surface area contributed by atoms with Crippen molar-refractivity contribution in [1.29, 1.82) is 0 Å². The third-order valence-corrected chi connectivity index (χ3v) is 3.98. The van der Waals surface area contributed by atoms with Gasteiger partial charge in [-0.25, -0.2) is 0 Å². The average molecular weight is 278 g/mol. The Morgan fingerprint density at radius 1 is 1.35 bits per heavy atom. The summed E-state index contributed by atoms with van der Waals surface area (Å²) in [6.45, 7) is 8.67. The second-order valence-corrected chi connectivity index (χ2v) is 5.84. The van der Waals surface area contributed by atoms with E-state index in [4.69, 9.17) is 4.74 Å². The van der Waals surface area contributed by atoms with Crippen LogP contribution in [0.4, 0.5) is 0 Å². The molecule has 1 aromatic carbocycles. The number of ether oxygens (including phenoxy) is 1. The van der Waals surface area contributed by atoms with E-state index in [1.807, 2.05) is 32.0 Å². The summed E-state index contributed by atoms with van der Waals surface area (Å²) in [4.78, 5) is 2.33. The second kappa shape index (κ2) is 6.57. The molecule has 0 aliphatic carbocycles. The maximum atomic E-state index is 10.8. The first-order valence-corrected chi connectivity index (χ1v) is 7.33. The molecule has 1 saturated heterocycles. The summed E-state index contributed by atoms with van der Waals surface area (Å²) in [6.07, 6.45) is 1.14. The Balaban J connectivity index is 2.10. The quantitative estimate of drug-likeness (QED) is 0.876. The molecule has 0 bridgehead atoms. The molecule has 1 aromatic rings. The lowest BCUT2D eigenvalue weighted by Crippen LogP contribution is -2.40. The molecule has 0 radical (unpaired) electrons. The summed E-state index contributed by atoms with van der Waals surface area (Å²) in [7, 11) is 1.67. The molecule has 1 heterocycles. The van der Waals surface area contributed by atoms with Crippen LogP contribution < -0.4 is 10.1 Å². The van der Waals surface area contributed by atoms with Gasteiger partial charge in [0.25, 0.3) is 0 Å². The highest BCUT2D eigenvalue weighted by atomic mass is 16.5. The van der Waals surface area contributed by atoms with Gasteiger partial charge in [-0.3, -0.25) is 4.90 Å². The van der Waals surface area contributed by atoms with Gasteiger partial charge in [0.2, 0.25) is 0 Å². The lowest BCUT2D eigenvalue weighted by molar-refractivity contribution is 0.0176. The van der Waals surface area contributed by atoms with Crippen LogP contribution in [0.25, 0.3) is 0 Å². The van der Waals surface area contributed by atoms with Crippen molar-refractivity contribution in [2.75, 3.05) is 39.8 Å². The fourth-order valence-corrected chi connectivity index (χ4v) is 2.80. The minimum atomic E-state index is -0.832. The van der Waals surface area contributed by atoms with Crippen LogP contribution in [0.2, 0.25) is 0 Å². The predicted molar refractivity (Wildman–Crippen MR) is 81.2 cm³/mol. The molecule has 0 amide bonds. The van der Waals surface area contributed by atoms with Gasteiger partial charge in [-0.15, -0.1) is 0 Å². The molecule has 4 heteroatoms. The minimum Gasteiger partial charge on any atom is -0.496 e. The number of aliphatic hydroxyl groups is 1. The van der Waals surface area contributed by atoms with Crippen molar-refractivity contribution in [3.63, 3.8) is 0 Å². The normalized spacial score (nSPS) is 20.2. The van der Waals surface area contributed by atoms with Crippen molar-refractivity contribution in [3.05, 3.63) is 29.3 Å². The summed E-state index contributed by atoms with van der Waals surface area (Å²) in [5.41, 5.74) is 1.18. The Morgan fingerprint density at radius 3 is 2.85 bits per heavy atom. The van der Waals surface area contributed by atoms with Crippen molar-refractivity contribution in [2.45, 2.75) is 25.9 Å². The number of hydrogen-bond acceptors (Lipinski definition) is 4. The maximum Gasteiger partial charge on any atom is 0.121 e. The number of nitrogens with zero attached hydrogens (tertiary/aromatic N) is 1. The van der Waals surface area contributed by atoms with Gasteiger partial charge >= 0.3 is 0 Å². The van der Waals surface area contributed by atoms with Crippen molar-refractivity contribution in [1.82, 2.24) is 10.2 Å². The Hall–Kier alpha value is -1.10. The van der Waals surface area contributed by atoms with Gasteiger partial charge in [-0.2, -0.15) is 0 Å². The highest BCUT2D eigenvalue weighted by Crippen LogP contribution is 2.27. The summed E-state index contributed by atoms with van der Waals surface area (Å²) in [5.74, 6) is 0.864. The molecular weight excluding hydrogens is 252 g/mol. The highest BCUT2D eigenvalue weighted by molar-refractivity contribution is 5.38. The van der Waals surface area contributed by atoms with Crippen LogP contribution in [0.3, 0.4) is 0 Å². The van der Waals surface area contributed by atoms with Gasteiger partial charge in [0.05, 0.1) is 12.7 Å². The van der Waals surface area contributed by atoms with Gasteiger partial charge in [-0.05, 0) is 56.6 Å². The van der Waals surface area contributed by atoms with E-state index < -0.39 is 5.60 Å². The van der Waals surface area contributed by atoms with Crippen molar-refractivity contribution in [3.8, 4) is 5.75 Å². The molecule has 0 saturated carbocycles. The Labute approximate surface area is 121 Å². The zero-order valence-corrected chi connectivity index (χ0v) is 12.8. The first-order chi connectivity index (χ1) is 9.53. The molecule has 1 fully saturated rings. The molecule has 1 unspecified atom stereocenters. The lowest BCUT2D eigenvalue weighted by atomic mass is 9.93. The number of methoxy groups -OCH3 is 1. The van der Waals surface area contributed by atoms with Gasteiger partial charge in [0.1, 0.15) is 5.75 Å². The van der Waals surface area contributed by atoms with Crippen molar-refractivity contribution < 1.29 is 9.84 Å². The molecule has 20 heavy (non-hydrogen) atoms. The van der Waals surface area contributed by atoms with Gasteiger partial charge in [0, 0.05) is 19.6 Å². The molecule has 0 spiro atoms. The first kappa shape index (κ1) is 15.3. The largest absolute Gasteiger partial charge is 0.496 e. The number of hydrogen-bond donors (Lipinski definition) is 2. The summed E-state index contributed by atoms with van der Waals surface area (Å²) in [6, 6.07) is 5.92. The van der Waals surface area contributed by atoms with E-state index in [2.05, 4.69) is 10.2 Å². The van der Waals surface area contributed by atoms with Gasteiger partial charge in [-0.1, -0.05) is 6.07 Å². The molecule has 1 atom stereocenters.